The highest BCUT2D eigenvalue weighted by Crippen LogP contribution is 2.24. The summed E-state index contributed by atoms with van der Waals surface area (Å²) in [7, 11) is 0. The van der Waals surface area contributed by atoms with Crippen LogP contribution in [0.3, 0.4) is 0 Å². The van der Waals surface area contributed by atoms with Gasteiger partial charge in [-0.15, -0.1) is 11.6 Å². The van der Waals surface area contributed by atoms with Crippen molar-refractivity contribution < 1.29 is 4.39 Å². The van der Waals surface area contributed by atoms with E-state index in [1.807, 2.05) is 19.9 Å². The van der Waals surface area contributed by atoms with E-state index in [1.54, 1.807) is 0 Å². The van der Waals surface area contributed by atoms with Gasteiger partial charge in [0, 0.05) is 25.6 Å². The molecule has 1 aliphatic carbocycles. The highest BCUT2D eigenvalue weighted by atomic mass is 35.5. The topological polar surface area (TPSA) is 15.3 Å². The molecule has 1 fully saturated rings. The second kappa shape index (κ2) is 8.91. The summed E-state index contributed by atoms with van der Waals surface area (Å²) in [5.74, 6) is 6.22. The quantitative estimate of drug-likeness (QED) is 0.536. The summed E-state index contributed by atoms with van der Waals surface area (Å²) in [6.07, 6.45) is 5.34. The first-order valence-corrected chi connectivity index (χ1v) is 10.1. The fourth-order valence-electron chi connectivity index (χ4n) is 3.41. The fourth-order valence-corrected chi connectivity index (χ4v) is 3.60. The number of nitrogens with zero attached hydrogens (tertiary/aromatic N) is 1. The Kier molecular flexibility index (Phi) is 7.36. The molecule has 0 aromatic rings. The Bertz CT molecular complexity index is 604. The number of hydrogen-bond donors (Lipinski definition) is 1. The summed E-state index contributed by atoms with van der Waals surface area (Å²) in [5.41, 5.74) is 2.43. The average molecular weight is 381 g/mol. The average Bonchev–Trinajstić information content (AvgIpc) is 2.64. The van der Waals surface area contributed by atoms with Gasteiger partial charge in [-0.2, -0.15) is 0 Å². The van der Waals surface area contributed by atoms with Gasteiger partial charge in [0.2, 0.25) is 0 Å². The highest BCUT2D eigenvalue weighted by molar-refractivity contribution is 6.27. The Morgan fingerprint density at radius 1 is 1.42 bits per heavy atom. The van der Waals surface area contributed by atoms with Crippen molar-refractivity contribution in [2.24, 2.45) is 11.3 Å². The predicted octanol–water partition coefficient (Wildman–Crippen LogP) is 4.56. The van der Waals surface area contributed by atoms with Gasteiger partial charge in [-0.1, -0.05) is 32.6 Å². The van der Waals surface area contributed by atoms with Gasteiger partial charge in [-0.05, 0) is 68.5 Å². The van der Waals surface area contributed by atoms with Gasteiger partial charge in [0.15, 0.2) is 0 Å². The van der Waals surface area contributed by atoms with E-state index in [0.29, 0.717) is 25.0 Å². The first-order valence-electron chi connectivity index (χ1n) is 9.73. The summed E-state index contributed by atoms with van der Waals surface area (Å²) in [6.45, 7) is 14.6. The SMILES string of the molecule is CC1=CC(CNCC2CCN(CCC(C)(C)C)CC2F)=CC(C)(Cl)C#C1. The number of likely N-dealkylation sites (tertiary alicyclic amines) is 1. The normalized spacial score (nSPS) is 30.1. The van der Waals surface area contributed by atoms with Crippen LogP contribution in [-0.4, -0.2) is 48.7 Å². The van der Waals surface area contributed by atoms with Gasteiger partial charge in [-0.25, -0.2) is 4.39 Å². The molecule has 1 aliphatic heterocycles. The minimum Gasteiger partial charge on any atom is -0.312 e. The molecule has 1 saturated heterocycles. The molecule has 0 aromatic heterocycles. The molecule has 1 heterocycles. The van der Waals surface area contributed by atoms with Crippen LogP contribution in [0.5, 0.6) is 0 Å². The van der Waals surface area contributed by atoms with Gasteiger partial charge in [-0.3, -0.25) is 0 Å². The van der Waals surface area contributed by atoms with Gasteiger partial charge >= 0.3 is 0 Å². The van der Waals surface area contributed by atoms with Crippen LogP contribution in [0.4, 0.5) is 4.39 Å². The lowest BCUT2D eigenvalue weighted by Crippen LogP contribution is -2.46. The van der Waals surface area contributed by atoms with E-state index < -0.39 is 11.0 Å². The zero-order valence-corrected chi connectivity index (χ0v) is 17.7. The molecule has 2 rings (SSSR count). The third-order valence-electron chi connectivity index (χ3n) is 5.04. The van der Waals surface area contributed by atoms with Crippen LogP contribution in [0.25, 0.3) is 0 Å². The Morgan fingerprint density at radius 3 is 2.81 bits per heavy atom. The van der Waals surface area contributed by atoms with Gasteiger partial charge in [0.25, 0.3) is 0 Å². The molecule has 0 radical (unpaired) electrons. The van der Waals surface area contributed by atoms with Crippen molar-refractivity contribution >= 4 is 11.6 Å². The first-order chi connectivity index (χ1) is 12.0. The summed E-state index contributed by atoms with van der Waals surface area (Å²) >= 11 is 6.39. The van der Waals surface area contributed by atoms with E-state index in [9.17, 15) is 4.39 Å². The first kappa shape index (κ1) is 21.5. The lowest BCUT2D eigenvalue weighted by molar-refractivity contribution is 0.0773. The number of hydrogen-bond acceptors (Lipinski definition) is 2. The van der Waals surface area contributed by atoms with E-state index >= 15 is 0 Å². The molecule has 0 bridgehead atoms. The number of halogens is 2. The summed E-state index contributed by atoms with van der Waals surface area (Å²) < 4.78 is 14.6. The van der Waals surface area contributed by atoms with Gasteiger partial charge in [0.1, 0.15) is 11.0 Å². The molecule has 1 N–H and O–H groups in total. The molecule has 3 unspecified atom stereocenters. The molecular formula is C22H34ClFN2. The van der Waals surface area contributed by atoms with Crippen LogP contribution >= 0.6 is 11.6 Å². The Hall–Kier alpha value is -0.820. The number of piperidine rings is 1. The Labute approximate surface area is 164 Å². The van der Waals surface area contributed by atoms with Crippen molar-refractivity contribution in [1.29, 1.82) is 0 Å². The van der Waals surface area contributed by atoms with Gasteiger partial charge in [0.05, 0.1) is 0 Å². The van der Waals surface area contributed by atoms with Crippen LogP contribution in [-0.2, 0) is 0 Å². The van der Waals surface area contributed by atoms with Crippen molar-refractivity contribution in [3.8, 4) is 11.8 Å². The van der Waals surface area contributed by atoms with Crippen molar-refractivity contribution in [3.63, 3.8) is 0 Å². The molecule has 0 aromatic carbocycles. The van der Waals surface area contributed by atoms with Crippen LogP contribution in [0.2, 0.25) is 0 Å². The third-order valence-corrected chi connectivity index (χ3v) is 5.24. The molecule has 2 nitrogen and oxygen atoms in total. The molecular weight excluding hydrogens is 347 g/mol. The molecule has 0 amide bonds. The Morgan fingerprint density at radius 2 is 2.15 bits per heavy atom. The number of allylic oxidation sites excluding steroid dienone is 2. The molecule has 0 saturated carbocycles. The lowest BCUT2D eigenvalue weighted by atomic mass is 9.90. The second-order valence-corrected chi connectivity index (χ2v) is 9.96. The maximum Gasteiger partial charge on any atom is 0.121 e. The zero-order chi connectivity index (χ0) is 19.4. The lowest BCUT2D eigenvalue weighted by Gasteiger charge is -2.36. The van der Waals surface area contributed by atoms with Crippen LogP contribution in [0.15, 0.2) is 23.3 Å². The zero-order valence-electron chi connectivity index (χ0n) is 17.0. The van der Waals surface area contributed by atoms with E-state index in [1.165, 1.54) is 0 Å². The van der Waals surface area contributed by atoms with Crippen LogP contribution in [0.1, 0.15) is 47.5 Å². The molecule has 0 spiro atoms. The molecule has 26 heavy (non-hydrogen) atoms. The smallest absolute Gasteiger partial charge is 0.121 e. The third kappa shape index (κ3) is 7.43. The van der Waals surface area contributed by atoms with Crippen molar-refractivity contribution in [2.45, 2.75) is 58.5 Å². The number of alkyl halides is 2. The van der Waals surface area contributed by atoms with E-state index in [2.05, 4.69) is 48.9 Å². The van der Waals surface area contributed by atoms with Gasteiger partial charge < -0.3 is 10.2 Å². The minimum absolute atomic E-state index is 0.0935. The summed E-state index contributed by atoms with van der Waals surface area (Å²) in [6, 6.07) is 0. The maximum atomic E-state index is 14.6. The summed E-state index contributed by atoms with van der Waals surface area (Å²) in [4.78, 5) is 1.65. The van der Waals surface area contributed by atoms with E-state index in [0.717, 1.165) is 37.1 Å². The molecule has 2 aliphatic rings. The Balaban J connectivity index is 1.77. The van der Waals surface area contributed by atoms with Crippen molar-refractivity contribution in [2.75, 3.05) is 32.7 Å². The molecule has 3 atom stereocenters. The van der Waals surface area contributed by atoms with E-state index in [4.69, 9.17) is 11.6 Å². The summed E-state index contributed by atoms with van der Waals surface area (Å²) in [5, 5.41) is 3.43. The van der Waals surface area contributed by atoms with E-state index in [-0.39, 0.29) is 5.92 Å². The monoisotopic (exact) mass is 380 g/mol. The molecule has 4 heteroatoms. The predicted molar refractivity (Wildman–Crippen MR) is 110 cm³/mol. The number of rotatable bonds is 6. The standard InChI is InChI=1S/C22H34ClFN2/c1-17-6-8-22(5,23)13-18(12-17)14-25-15-19-7-10-26(16-20(19)24)11-9-21(2,3)4/h12-13,19-20,25H,7,9-11,14-16H2,1-5H3. The second-order valence-electron chi connectivity index (χ2n) is 9.18. The maximum absolute atomic E-state index is 14.6. The van der Waals surface area contributed by atoms with Crippen LogP contribution < -0.4 is 5.32 Å². The van der Waals surface area contributed by atoms with Crippen LogP contribution in [0, 0.1) is 23.2 Å². The fraction of sp³-hybridized carbons (Fsp3) is 0.727. The largest absolute Gasteiger partial charge is 0.312 e. The highest BCUT2D eigenvalue weighted by Gasteiger charge is 2.29. The van der Waals surface area contributed by atoms with Crippen molar-refractivity contribution in [1.82, 2.24) is 10.2 Å². The minimum atomic E-state index is -0.752. The molecule has 146 valence electrons. The number of nitrogens with one attached hydrogen (secondary N) is 1. The van der Waals surface area contributed by atoms with Crippen molar-refractivity contribution in [3.05, 3.63) is 23.3 Å².